The molecule has 0 fully saturated rings. The second-order valence-corrected chi connectivity index (χ2v) is 10.1. The minimum Gasteiger partial charge on any atom is -0.486 e. The van der Waals surface area contributed by atoms with Crippen molar-refractivity contribution >= 4 is 23.3 Å². The summed E-state index contributed by atoms with van der Waals surface area (Å²) in [5.74, 6) is -0.486. The van der Waals surface area contributed by atoms with E-state index in [-0.39, 0.29) is 30.3 Å². The van der Waals surface area contributed by atoms with Gasteiger partial charge in [-0.15, -0.1) is 0 Å². The van der Waals surface area contributed by atoms with Gasteiger partial charge in [-0.1, -0.05) is 43.3 Å². The third kappa shape index (κ3) is 7.13. The Morgan fingerprint density at radius 2 is 1.82 bits per heavy atom. The molecule has 0 saturated carbocycles. The van der Waals surface area contributed by atoms with Gasteiger partial charge in [-0.25, -0.2) is 9.18 Å². The fourth-order valence-corrected chi connectivity index (χ4v) is 4.64. The van der Waals surface area contributed by atoms with Crippen LogP contribution >= 0.6 is 0 Å². The molecule has 0 unspecified atom stereocenters. The first-order valence-electron chi connectivity index (χ1n) is 13.0. The number of para-hydroxylation sites is 1. The van der Waals surface area contributed by atoms with Crippen LogP contribution in [0.2, 0.25) is 0 Å². The van der Waals surface area contributed by atoms with E-state index in [1.165, 1.54) is 29.8 Å². The van der Waals surface area contributed by atoms with E-state index in [2.05, 4.69) is 27.7 Å². The number of hydrogen-bond acceptors (Lipinski definition) is 5. The van der Waals surface area contributed by atoms with Gasteiger partial charge < -0.3 is 25.4 Å². The lowest BCUT2D eigenvalue weighted by atomic mass is 9.99. The topological polar surface area (TPSA) is 94.1 Å². The Kier molecular flexibility index (Phi) is 9.16. The van der Waals surface area contributed by atoms with Crippen molar-refractivity contribution in [1.29, 1.82) is 0 Å². The number of urea groups is 1. The van der Waals surface area contributed by atoms with E-state index in [0.29, 0.717) is 30.0 Å². The van der Waals surface area contributed by atoms with Crippen molar-refractivity contribution in [2.45, 2.75) is 32.5 Å². The van der Waals surface area contributed by atoms with Crippen molar-refractivity contribution in [2.24, 2.45) is 5.92 Å². The van der Waals surface area contributed by atoms with Crippen molar-refractivity contribution in [3.63, 3.8) is 0 Å². The van der Waals surface area contributed by atoms with E-state index in [1.807, 2.05) is 39.1 Å². The van der Waals surface area contributed by atoms with Crippen LogP contribution in [-0.2, 0) is 6.54 Å². The minimum absolute atomic E-state index is 0.0737. The molecule has 9 heteroatoms. The van der Waals surface area contributed by atoms with Gasteiger partial charge in [0.2, 0.25) is 0 Å². The Balaban J connectivity index is 1.62. The molecule has 3 aromatic carbocycles. The Morgan fingerprint density at radius 1 is 1.10 bits per heavy atom. The van der Waals surface area contributed by atoms with Gasteiger partial charge in [0.1, 0.15) is 11.9 Å². The number of benzene rings is 3. The Labute approximate surface area is 228 Å². The molecule has 0 aromatic heterocycles. The number of halogens is 1. The van der Waals surface area contributed by atoms with Gasteiger partial charge >= 0.3 is 6.03 Å². The van der Waals surface area contributed by atoms with Crippen LogP contribution in [0, 0.1) is 11.7 Å². The molecule has 1 aliphatic heterocycles. The molecule has 3 atom stereocenters. The van der Waals surface area contributed by atoms with Gasteiger partial charge in [-0.3, -0.25) is 9.69 Å². The molecule has 0 aliphatic carbocycles. The molecule has 206 valence electrons. The maximum atomic E-state index is 13.6. The van der Waals surface area contributed by atoms with E-state index in [1.54, 1.807) is 23.1 Å². The zero-order valence-corrected chi connectivity index (χ0v) is 22.4. The molecular weight excluding hydrogens is 499 g/mol. The van der Waals surface area contributed by atoms with Crippen molar-refractivity contribution in [3.05, 3.63) is 89.7 Å². The molecule has 0 saturated heterocycles. The van der Waals surface area contributed by atoms with E-state index in [9.17, 15) is 19.1 Å². The summed E-state index contributed by atoms with van der Waals surface area (Å²) >= 11 is 0. The van der Waals surface area contributed by atoms with Gasteiger partial charge in [0.25, 0.3) is 5.91 Å². The zero-order chi connectivity index (χ0) is 27.9. The number of carbonyl (C=O) groups is 2. The van der Waals surface area contributed by atoms with Crippen LogP contribution in [-0.4, -0.2) is 65.7 Å². The molecule has 0 spiro atoms. The normalized spacial score (nSPS) is 18.0. The van der Waals surface area contributed by atoms with Crippen molar-refractivity contribution in [3.8, 4) is 5.75 Å². The molecule has 3 amide bonds. The summed E-state index contributed by atoms with van der Waals surface area (Å²) < 4.78 is 19.8. The first kappa shape index (κ1) is 28.1. The largest absolute Gasteiger partial charge is 0.486 e. The average molecular weight is 535 g/mol. The number of rotatable bonds is 8. The zero-order valence-electron chi connectivity index (χ0n) is 22.4. The molecule has 8 nitrogen and oxygen atoms in total. The van der Waals surface area contributed by atoms with E-state index in [0.717, 1.165) is 6.54 Å². The van der Waals surface area contributed by atoms with Crippen LogP contribution in [0.1, 0.15) is 29.8 Å². The molecule has 4 rings (SSSR count). The standard InChI is InChI=1S/C30H35FN4O4/c1-20-16-35(21(2)19-36)29(37)25-10-7-11-26(33-30(38)32-24-14-12-23(31)13-15-24)28(25)39-27(20)18-34(3)17-22-8-5-4-6-9-22/h4-15,20-21,27,36H,16-19H2,1-3H3,(H2,32,33,38)/t20-,21+,27+/m1/s1. The van der Waals surface area contributed by atoms with Crippen molar-refractivity contribution in [1.82, 2.24) is 9.80 Å². The Hall–Kier alpha value is -3.95. The van der Waals surface area contributed by atoms with E-state index < -0.39 is 17.9 Å². The number of aliphatic hydroxyl groups excluding tert-OH is 1. The summed E-state index contributed by atoms with van der Waals surface area (Å²) in [7, 11) is 2.02. The van der Waals surface area contributed by atoms with Crippen molar-refractivity contribution in [2.75, 3.05) is 37.4 Å². The van der Waals surface area contributed by atoms with Gasteiger partial charge in [0.15, 0.2) is 5.75 Å². The number of anilines is 2. The number of ether oxygens (including phenoxy) is 1. The summed E-state index contributed by atoms with van der Waals surface area (Å²) in [5.41, 5.74) is 2.23. The lowest BCUT2D eigenvalue weighted by molar-refractivity contribution is 0.0343. The van der Waals surface area contributed by atoms with Crippen molar-refractivity contribution < 1.29 is 23.8 Å². The van der Waals surface area contributed by atoms with Gasteiger partial charge in [0, 0.05) is 31.2 Å². The highest BCUT2D eigenvalue weighted by Crippen LogP contribution is 2.35. The first-order chi connectivity index (χ1) is 18.7. The number of carbonyl (C=O) groups excluding carboxylic acids is 2. The van der Waals surface area contributed by atoms with Gasteiger partial charge in [-0.2, -0.15) is 0 Å². The third-order valence-electron chi connectivity index (χ3n) is 6.83. The second kappa shape index (κ2) is 12.7. The smallest absolute Gasteiger partial charge is 0.323 e. The summed E-state index contributed by atoms with van der Waals surface area (Å²) in [6, 6.07) is 19.6. The van der Waals surface area contributed by atoms with Crippen LogP contribution in [0.15, 0.2) is 72.8 Å². The van der Waals surface area contributed by atoms with E-state index in [4.69, 9.17) is 4.74 Å². The number of hydrogen-bond donors (Lipinski definition) is 3. The highest BCUT2D eigenvalue weighted by Gasteiger charge is 2.34. The molecule has 1 heterocycles. The number of likely N-dealkylation sites (N-methyl/N-ethyl adjacent to an activating group) is 1. The highest BCUT2D eigenvalue weighted by molar-refractivity contribution is 6.04. The molecule has 39 heavy (non-hydrogen) atoms. The number of amides is 3. The second-order valence-electron chi connectivity index (χ2n) is 10.1. The summed E-state index contributed by atoms with van der Waals surface area (Å²) in [6.07, 6.45) is -0.318. The fraction of sp³-hybridized carbons (Fsp3) is 0.333. The number of fused-ring (bicyclic) bond motifs is 1. The predicted octanol–water partition coefficient (Wildman–Crippen LogP) is 4.82. The lowest BCUT2D eigenvalue weighted by Crippen LogP contribution is -2.49. The Morgan fingerprint density at radius 3 is 2.51 bits per heavy atom. The van der Waals surface area contributed by atoms with E-state index >= 15 is 0 Å². The molecule has 0 radical (unpaired) electrons. The number of nitrogens with one attached hydrogen (secondary N) is 2. The SMILES string of the molecule is C[C@@H]1CN([C@@H](C)CO)C(=O)c2cccc(NC(=O)Nc3ccc(F)cc3)c2O[C@H]1CN(C)Cc1ccccc1. The van der Waals surface area contributed by atoms with Crippen LogP contribution in [0.5, 0.6) is 5.75 Å². The van der Waals surface area contributed by atoms with Gasteiger partial charge in [-0.05, 0) is 55.9 Å². The molecule has 3 aromatic rings. The average Bonchev–Trinajstić information content (AvgIpc) is 2.92. The molecule has 3 N–H and O–H groups in total. The molecule has 1 aliphatic rings. The van der Waals surface area contributed by atoms with Crippen LogP contribution in [0.25, 0.3) is 0 Å². The predicted molar refractivity (Wildman–Crippen MR) is 149 cm³/mol. The summed E-state index contributed by atoms with van der Waals surface area (Å²) in [5, 5.41) is 15.3. The highest BCUT2D eigenvalue weighted by atomic mass is 19.1. The molecule has 0 bridgehead atoms. The summed E-state index contributed by atoms with van der Waals surface area (Å²) in [6.45, 7) is 5.35. The monoisotopic (exact) mass is 534 g/mol. The Bertz CT molecular complexity index is 1270. The van der Waals surface area contributed by atoms with Crippen LogP contribution in [0.4, 0.5) is 20.6 Å². The first-order valence-corrected chi connectivity index (χ1v) is 13.0. The quantitative estimate of drug-likeness (QED) is 0.385. The number of aliphatic hydroxyl groups is 1. The minimum atomic E-state index is -0.556. The maximum Gasteiger partial charge on any atom is 0.323 e. The number of nitrogens with zero attached hydrogens (tertiary/aromatic N) is 2. The summed E-state index contributed by atoms with van der Waals surface area (Å²) in [4.78, 5) is 30.3. The molecular formula is C30H35FN4O4. The lowest BCUT2D eigenvalue weighted by Gasteiger charge is -2.38. The fourth-order valence-electron chi connectivity index (χ4n) is 4.64. The van der Waals surface area contributed by atoms with Gasteiger partial charge in [0.05, 0.1) is 23.9 Å². The maximum absolute atomic E-state index is 13.6. The third-order valence-corrected chi connectivity index (χ3v) is 6.83. The van der Waals surface area contributed by atoms with Crippen LogP contribution < -0.4 is 15.4 Å². The van der Waals surface area contributed by atoms with Crippen LogP contribution in [0.3, 0.4) is 0 Å².